The van der Waals surface area contributed by atoms with Crippen molar-refractivity contribution in [2.24, 2.45) is 0 Å². The van der Waals surface area contributed by atoms with Gasteiger partial charge in [0.25, 0.3) is 0 Å². The van der Waals surface area contributed by atoms with E-state index in [2.05, 4.69) is 9.97 Å². The van der Waals surface area contributed by atoms with E-state index in [4.69, 9.17) is 0 Å². The van der Waals surface area contributed by atoms with E-state index in [1.807, 2.05) is 0 Å². The van der Waals surface area contributed by atoms with Crippen molar-refractivity contribution in [2.45, 2.75) is 6.92 Å². The SMILES string of the molecule is Cc1cnc(C(=O)c2ccc(F)cc2)cn1. The van der Waals surface area contributed by atoms with Crippen LogP contribution in [0.4, 0.5) is 4.39 Å². The Bertz CT molecular complexity index is 458. The van der Waals surface area contributed by atoms with Crippen LogP contribution in [0.5, 0.6) is 0 Å². The van der Waals surface area contributed by atoms with Gasteiger partial charge >= 0.3 is 0 Å². The molecule has 4 heteroatoms. The van der Waals surface area contributed by atoms with Crippen molar-refractivity contribution in [2.75, 3.05) is 0 Å². The maximum atomic E-state index is 12.7. The molecule has 16 heavy (non-hydrogen) atoms. The van der Waals surface area contributed by atoms with Gasteiger partial charge in [0.1, 0.15) is 11.5 Å². The van der Waals surface area contributed by atoms with Gasteiger partial charge in [-0.2, -0.15) is 0 Å². The number of halogens is 1. The van der Waals surface area contributed by atoms with Crippen molar-refractivity contribution in [3.63, 3.8) is 0 Å². The Morgan fingerprint density at radius 1 is 1.12 bits per heavy atom. The molecule has 1 heterocycles. The summed E-state index contributed by atoms with van der Waals surface area (Å²) in [6.45, 7) is 1.79. The minimum Gasteiger partial charge on any atom is -0.287 e. The number of aryl methyl sites for hydroxylation is 1. The van der Waals surface area contributed by atoms with E-state index in [-0.39, 0.29) is 17.3 Å². The number of rotatable bonds is 2. The molecular weight excluding hydrogens is 207 g/mol. The lowest BCUT2D eigenvalue weighted by molar-refractivity contribution is 0.103. The number of aromatic nitrogens is 2. The molecule has 3 nitrogen and oxygen atoms in total. The summed E-state index contributed by atoms with van der Waals surface area (Å²) in [5.74, 6) is -0.626. The maximum absolute atomic E-state index is 12.7. The first-order chi connectivity index (χ1) is 7.66. The molecule has 0 amide bonds. The first-order valence-corrected chi connectivity index (χ1v) is 4.76. The smallest absolute Gasteiger partial charge is 0.212 e. The van der Waals surface area contributed by atoms with Gasteiger partial charge in [-0.25, -0.2) is 9.37 Å². The van der Waals surface area contributed by atoms with Crippen molar-refractivity contribution < 1.29 is 9.18 Å². The third kappa shape index (κ3) is 2.11. The second kappa shape index (κ2) is 4.18. The van der Waals surface area contributed by atoms with Gasteiger partial charge in [-0.05, 0) is 31.2 Å². The Balaban J connectivity index is 2.32. The second-order valence-corrected chi connectivity index (χ2v) is 3.38. The number of benzene rings is 1. The van der Waals surface area contributed by atoms with Gasteiger partial charge in [0.15, 0.2) is 0 Å². The fourth-order valence-electron chi connectivity index (χ4n) is 1.26. The standard InChI is InChI=1S/C12H9FN2O/c1-8-6-15-11(7-14-8)12(16)9-2-4-10(13)5-3-9/h2-7H,1H3. The first-order valence-electron chi connectivity index (χ1n) is 4.76. The molecule has 0 unspecified atom stereocenters. The third-order valence-corrected chi connectivity index (χ3v) is 2.12. The fourth-order valence-corrected chi connectivity index (χ4v) is 1.26. The number of carbonyl (C=O) groups is 1. The van der Waals surface area contributed by atoms with Crippen molar-refractivity contribution >= 4 is 5.78 Å². The predicted molar refractivity (Wildman–Crippen MR) is 56.6 cm³/mol. The highest BCUT2D eigenvalue weighted by molar-refractivity contribution is 6.07. The van der Waals surface area contributed by atoms with E-state index in [9.17, 15) is 9.18 Å². The molecule has 1 aromatic carbocycles. The molecule has 0 spiro atoms. The van der Waals surface area contributed by atoms with Crippen LogP contribution in [-0.2, 0) is 0 Å². The van der Waals surface area contributed by atoms with Gasteiger partial charge in [-0.15, -0.1) is 0 Å². The van der Waals surface area contributed by atoms with Gasteiger partial charge in [-0.3, -0.25) is 9.78 Å². The molecule has 0 aliphatic rings. The summed E-state index contributed by atoms with van der Waals surface area (Å²) in [4.78, 5) is 19.8. The van der Waals surface area contributed by atoms with Gasteiger partial charge in [0.05, 0.1) is 11.9 Å². The Kier molecular flexibility index (Phi) is 2.72. The van der Waals surface area contributed by atoms with Crippen LogP contribution < -0.4 is 0 Å². The summed E-state index contributed by atoms with van der Waals surface area (Å²) in [7, 11) is 0. The lowest BCUT2D eigenvalue weighted by Crippen LogP contribution is -2.05. The second-order valence-electron chi connectivity index (χ2n) is 3.38. The van der Waals surface area contributed by atoms with E-state index in [1.165, 1.54) is 36.7 Å². The van der Waals surface area contributed by atoms with Crippen LogP contribution in [0.1, 0.15) is 21.7 Å². The number of nitrogens with zero attached hydrogens (tertiary/aromatic N) is 2. The van der Waals surface area contributed by atoms with Crippen molar-refractivity contribution in [3.05, 3.63) is 59.4 Å². The first kappa shape index (κ1) is 10.4. The number of carbonyl (C=O) groups excluding carboxylic acids is 1. The van der Waals surface area contributed by atoms with Gasteiger partial charge < -0.3 is 0 Å². The monoisotopic (exact) mass is 216 g/mol. The predicted octanol–water partition coefficient (Wildman–Crippen LogP) is 2.16. The summed E-state index contributed by atoms with van der Waals surface area (Å²) in [5.41, 5.74) is 1.41. The molecule has 0 aliphatic heterocycles. The largest absolute Gasteiger partial charge is 0.287 e. The van der Waals surface area contributed by atoms with E-state index in [0.717, 1.165) is 5.69 Å². The highest BCUT2D eigenvalue weighted by atomic mass is 19.1. The molecule has 1 aromatic heterocycles. The van der Waals surface area contributed by atoms with E-state index < -0.39 is 0 Å². The Labute approximate surface area is 92.0 Å². The molecule has 0 atom stereocenters. The number of ketones is 1. The quantitative estimate of drug-likeness (QED) is 0.722. The normalized spacial score (nSPS) is 10.1. The molecule has 2 rings (SSSR count). The molecular formula is C12H9FN2O. The summed E-state index contributed by atoms with van der Waals surface area (Å²) >= 11 is 0. The molecule has 0 saturated carbocycles. The van der Waals surface area contributed by atoms with Crippen molar-refractivity contribution in [3.8, 4) is 0 Å². The summed E-state index contributed by atoms with van der Waals surface area (Å²) in [6, 6.07) is 5.35. The minimum absolute atomic E-state index is 0.257. The summed E-state index contributed by atoms with van der Waals surface area (Å²) < 4.78 is 12.7. The zero-order valence-corrected chi connectivity index (χ0v) is 8.64. The Morgan fingerprint density at radius 2 is 1.81 bits per heavy atom. The molecule has 0 radical (unpaired) electrons. The molecule has 80 valence electrons. The van der Waals surface area contributed by atoms with Crippen molar-refractivity contribution in [1.29, 1.82) is 0 Å². The highest BCUT2D eigenvalue weighted by Gasteiger charge is 2.10. The van der Waals surface area contributed by atoms with Crippen LogP contribution in [0.3, 0.4) is 0 Å². The van der Waals surface area contributed by atoms with E-state index >= 15 is 0 Å². The molecule has 2 aromatic rings. The van der Waals surface area contributed by atoms with Gasteiger partial charge in [0.2, 0.25) is 5.78 Å². The average Bonchev–Trinajstić information content (AvgIpc) is 2.30. The average molecular weight is 216 g/mol. The van der Waals surface area contributed by atoms with Crippen LogP contribution in [-0.4, -0.2) is 15.8 Å². The van der Waals surface area contributed by atoms with Crippen LogP contribution in [0.2, 0.25) is 0 Å². The summed E-state index contributed by atoms with van der Waals surface area (Å²) in [6.07, 6.45) is 2.94. The highest BCUT2D eigenvalue weighted by Crippen LogP contribution is 2.08. The Hall–Kier alpha value is -2.10. The third-order valence-electron chi connectivity index (χ3n) is 2.12. The molecule has 0 N–H and O–H groups in total. The lowest BCUT2D eigenvalue weighted by Gasteiger charge is -2.00. The molecule has 0 aliphatic carbocycles. The van der Waals surface area contributed by atoms with Gasteiger partial charge in [-0.1, -0.05) is 0 Å². The molecule has 0 bridgehead atoms. The molecule has 0 fully saturated rings. The van der Waals surface area contributed by atoms with Crippen LogP contribution in [0.15, 0.2) is 36.7 Å². The minimum atomic E-state index is -0.369. The maximum Gasteiger partial charge on any atom is 0.212 e. The van der Waals surface area contributed by atoms with E-state index in [1.54, 1.807) is 6.92 Å². The number of hydrogen-bond donors (Lipinski definition) is 0. The van der Waals surface area contributed by atoms with Gasteiger partial charge in [0, 0.05) is 11.8 Å². The number of hydrogen-bond acceptors (Lipinski definition) is 3. The summed E-state index contributed by atoms with van der Waals surface area (Å²) in [5, 5.41) is 0. The lowest BCUT2D eigenvalue weighted by atomic mass is 10.1. The van der Waals surface area contributed by atoms with Crippen molar-refractivity contribution in [1.82, 2.24) is 9.97 Å². The van der Waals surface area contributed by atoms with Crippen LogP contribution in [0.25, 0.3) is 0 Å². The zero-order chi connectivity index (χ0) is 11.5. The zero-order valence-electron chi connectivity index (χ0n) is 8.64. The Morgan fingerprint density at radius 3 is 2.38 bits per heavy atom. The molecule has 0 saturated heterocycles. The van der Waals surface area contributed by atoms with Crippen LogP contribution in [0, 0.1) is 12.7 Å². The van der Waals surface area contributed by atoms with E-state index in [0.29, 0.717) is 5.56 Å². The fraction of sp³-hybridized carbons (Fsp3) is 0.0833. The topological polar surface area (TPSA) is 42.9 Å². The van der Waals surface area contributed by atoms with Crippen LogP contribution >= 0.6 is 0 Å².